The average molecular weight is 562 g/mol. The molecule has 2 fully saturated rings. The number of phenolic OH excluding ortho intramolecular Hbond substituents is 1. The van der Waals surface area contributed by atoms with Crippen LogP contribution in [0.2, 0.25) is 0 Å². The summed E-state index contributed by atoms with van der Waals surface area (Å²) in [7, 11) is 0. The number of aromatic hydroxyl groups is 1. The first-order chi connectivity index (χ1) is 18.4. The third-order valence-corrected chi connectivity index (χ3v) is 9.87. The molecule has 2 aromatic rings. The molecular weight excluding hydrogens is 522 g/mol. The molecule has 0 radical (unpaired) electrons. The molecule has 1 saturated carbocycles. The highest BCUT2D eigenvalue weighted by atomic mass is 32.2. The lowest BCUT2D eigenvalue weighted by Crippen LogP contribution is -2.52. The van der Waals surface area contributed by atoms with Gasteiger partial charge in [-0.3, -0.25) is 4.79 Å². The Labute approximate surface area is 232 Å². The summed E-state index contributed by atoms with van der Waals surface area (Å²) < 4.78 is -0.936. The molecule has 8 N–H and O–H groups in total. The number of hydrogen-bond acceptors (Lipinski definition) is 9. The van der Waals surface area contributed by atoms with Crippen molar-refractivity contribution in [3.8, 4) is 5.75 Å². The van der Waals surface area contributed by atoms with Gasteiger partial charge in [-0.15, -0.1) is 11.8 Å². The monoisotopic (exact) mass is 561 g/mol. The number of amides is 1. The standard InChI is InChI=1S/C29H39NO8S/c1-16-10-21(33)20(26-24(36)25(37)27(38)29(39-26)13-22(29)34)12-19(16)11-18-8-6-17(7-9-18)4-3-5-23(35)30-28(2,14-31)15-32/h6-10,12,22,24-27,31-34,36-38H,3-5,11,13-15H2,1-2H3,(H,30,35)/t22-,24-,25-,26+,27+,29-/m1/s1. The number of aliphatic hydroxyl groups excluding tert-OH is 6. The first kappa shape index (κ1) is 29.8. The van der Waals surface area contributed by atoms with Crippen LogP contribution < -0.4 is 5.32 Å². The van der Waals surface area contributed by atoms with Gasteiger partial charge < -0.3 is 41.1 Å². The van der Waals surface area contributed by atoms with Crippen LogP contribution in [0, 0.1) is 6.92 Å². The fraction of sp³-hybridized carbons (Fsp3) is 0.552. The molecule has 1 saturated heterocycles. The van der Waals surface area contributed by atoms with E-state index in [-0.39, 0.29) is 31.3 Å². The van der Waals surface area contributed by atoms with Crippen LogP contribution in [-0.2, 0) is 17.6 Å². The first-order valence-electron chi connectivity index (χ1n) is 13.3. The zero-order chi connectivity index (χ0) is 28.5. The van der Waals surface area contributed by atoms with Gasteiger partial charge in [0.05, 0.1) is 47.1 Å². The molecule has 4 rings (SSSR count). The van der Waals surface area contributed by atoms with E-state index in [2.05, 4.69) is 5.32 Å². The fourth-order valence-electron chi connectivity index (χ4n) is 5.17. The van der Waals surface area contributed by atoms with Gasteiger partial charge in [0, 0.05) is 12.0 Å². The minimum absolute atomic E-state index is 0.000596. The lowest BCUT2D eigenvalue weighted by atomic mass is 9.91. The SMILES string of the molecule is Cc1cc(O)c([C@@H]2S[C@@]3(C[C@H]3O)[C@@H](O)[C@H](O)[C@H]2O)cc1Cc1ccc(CCCC(=O)NC(C)(CO)CO)cc1. The summed E-state index contributed by atoms with van der Waals surface area (Å²) in [6.45, 7) is 2.80. The van der Waals surface area contributed by atoms with Gasteiger partial charge in [-0.2, -0.15) is 0 Å². The predicted molar refractivity (Wildman–Crippen MR) is 147 cm³/mol. The van der Waals surface area contributed by atoms with Gasteiger partial charge >= 0.3 is 0 Å². The Balaban J connectivity index is 1.40. The van der Waals surface area contributed by atoms with Crippen molar-refractivity contribution in [3.63, 3.8) is 0 Å². The highest BCUT2D eigenvalue weighted by Gasteiger charge is 2.66. The van der Waals surface area contributed by atoms with Crippen LogP contribution >= 0.6 is 11.8 Å². The second-order valence-electron chi connectivity index (χ2n) is 11.2. The topological polar surface area (TPSA) is 171 Å². The van der Waals surface area contributed by atoms with Gasteiger partial charge in [-0.05, 0) is 67.9 Å². The minimum atomic E-state index is -1.43. The molecule has 214 valence electrons. The molecule has 1 spiro atoms. The van der Waals surface area contributed by atoms with Gasteiger partial charge in [-0.1, -0.05) is 30.3 Å². The van der Waals surface area contributed by atoms with Crippen molar-refractivity contribution in [2.45, 2.75) is 85.9 Å². The molecule has 1 aliphatic carbocycles. The summed E-state index contributed by atoms with van der Waals surface area (Å²) in [6.07, 6.45) is -2.25. The summed E-state index contributed by atoms with van der Waals surface area (Å²) in [4.78, 5) is 12.1. The van der Waals surface area contributed by atoms with Crippen LogP contribution in [0.5, 0.6) is 5.75 Å². The van der Waals surface area contributed by atoms with Crippen molar-refractivity contribution in [2.75, 3.05) is 13.2 Å². The lowest BCUT2D eigenvalue weighted by Gasteiger charge is -2.41. The van der Waals surface area contributed by atoms with Gasteiger partial charge in [0.1, 0.15) is 11.9 Å². The third-order valence-electron chi connectivity index (χ3n) is 7.96. The number of aliphatic hydroxyl groups is 6. The molecule has 6 atom stereocenters. The first-order valence-corrected chi connectivity index (χ1v) is 14.1. The molecule has 39 heavy (non-hydrogen) atoms. The maximum absolute atomic E-state index is 12.1. The highest BCUT2D eigenvalue weighted by molar-refractivity contribution is 8.01. The zero-order valence-electron chi connectivity index (χ0n) is 22.2. The largest absolute Gasteiger partial charge is 0.508 e. The summed E-state index contributed by atoms with van der Waals surface area (Å²) in [5.41, 5.74) is 3.37. The maximum Gasteiger partial charge on any atom is 0.220 e. The number of thioether (sulfide) groups is 1. The van der Waals surface area contributed by atoms with Crippen molar-refractivity contribution in [1.82, 2.24) is 5.32 Å². The van der Waals surface area contributed by atoms with Crippen molar-refractivity contribution >= 4 is 17.7 Å². The number of aryl methyl sites for hydroxylation is 2. The van der Waals surface area contributed by atoms with Crippen molar-refractivity contribution in [1.29, 1.82) is 0 Å². The predicted octanol–water partition coefficient (Wildman–Crippen LogP) is 0.848. The van der Waals surface area contributed by atoms with E-state index >= 15 is 0 Å². The van der Waals surface area contributed by atoms with E-state index in [1.807, 2.05) is 37.3 Å². The molecule has 0 bridgehead atoms. The van der Waals surface area contributed by atoms with Crippen molar-refractivity contribution in [3.05, 3.63) is 64.2 Å². The number of hydrogen-bond donors (Lipinski definition) is 8. The number of phenols is 1. The zero-order valence-corrected chi connectivity index (χ0v) is 23.1. The van der Waals surface area contributed by atoms with E-state index < -0.39 is 40.0 Å². The molecule has 1 heterocycles. The molecule has 1 amide bonds. The van der Waals surface area contributed by atoms with Crippen LogP contribution in [-0.4, -0.2) is 89.6 Å². The average Bonchev–Trinajstić information content (AvgIpc) is 3.57. The van der Waals surface area contributed by atoms with E-state index in [1.165, 1.54) is 11.8 Å². The van der Waals surface area contributed by atoms with Gasteiger partial charge in [-0.25, -0.2) is 0 Å². The van der Waals surface area contributed by atoms with Gasteiger partial charge in [0.25, 0.3) is 0 Å². The molecule has 0 aromatic heterocycles. The Morgan fingerprint density at radius 3 is 2.26 bits per heavy atom. The number of nitrogens with one attached hydrogen (secondary N) is 1. The summed E-state index contributed by atoms with van der Waals surface area (Å²) in [5, 5.41) is 73.1. The third kappa shape index (κ3) is 6.27. The number of benzene rings is 2. The number of carbonyl (C=O) groups is 1. The van der Waals surface area contributed by atoms with E-state index in [0.29, 0.717) is 31.2 Å². The second-order valence-corrected chi connectivity index (χ2v) is 12.8. The molecule has 10 heteroatoms. The van der Waals surface area contributed by atoms with Crippen LogP contribution in [0.1, 0.15) is 59.3 Å². The van der Waals surface area contributed by atoms with E-state index in [0.717, 1.165) is 22.3 Å². The smallest absolute Gasteiger partial charge is 0.220 e. The van der Waals surface area contributed by atoms with Crippen LogP contribution in [0.15, 0.2) is 36.4 Å². The summed E-state index contributed by atoms with van der Waals surface area (Å²) in [5.74, 6) is -0.222. The van der Waals surface area contributed by atoms with Crippen LogP contribution in [0.4, 0.5) is 0 Å². The fourth-order valence-corrected chi connectivity index (χ4v) is 6.94. The summed E-state index contributed by atoms with van der Waals surface area (Å²) >= 11 is 1.21. The van der Waals surface area contributed by atoms with Crippen LogP contribution in [0.25, 0.3) is 0 Å². The molecule has 0 unspecified atom stereocenters. The molecule has 9 nitrogen and oxygen atoms in total. The van der Waals surface area contributed by atoms with Crippen molar-refractivity contribution < 1.29 is 40.5 Å². The molecular formula is C29H39NO8S. The van der Waals surface area contributed by atoms with E-state index in [1.54, 1.807) is 13.0 Å². The Bertz CT molecular complexity index is 1170. The Morgan fingerprint density at radius 1 is 1.05 bits per heavy atom. The maximum atomic E-state index is 12.1. The van der Waals surface area contributed by atoms with E-state index in [4.69, 9.17) is 0 Å². The molecule has 2 aliphatic rings. The van der Waals surface area contributed by atoms with Gasteiger partial charge in [0.2, 0.25) is 5.91 Å². The summed E-state index contributed by atoms with van der Waals surface area (Å²) in [6, 6.07) is 11.5. The highest BCUT2D eigenvalue weighted by Crippen LogP contribution is 2.62. The van der Waals surface area contributed by atoms with E-state index in [9.17, 15) is 40.5 Å². The van der Waals surface area contributed by atoms with Gasteiger partial charge in [0.15, 0.2) is 0 Å². The Kier molecular flexibility index (Phi) is 8.97. The van der Waals surface area contributed by atoms with Crippen LogP contribution in [0.3, 0.4) is 0 Å². The Morgan fingerprint density at radius 2 is 1.67 bits per heavy atom. The minimum Gasteiger partial charge on any atom is -0.508 e. The van der Waals surface area contributed by atoms with Crippen molar-refractivity contribution in [2.24, 2.45) is 0 Å². The lowest BCUT2D eigenvalue weighted by molar-refractivity contribution is -0.124. The quantitative estimate of drug-likeness (QED) is 0.209. The molecule has 2 aromatic carbocycles. The number of rotatable bonds is 10. The molecule has 1 aliphatic heterocycles. The second kappa shape index (κ2) is 11.7. The normalized spacial score (nSPS) is 28.5. The number of carbonyl (C=O) groups excluding carboxylic acids is 1. The Hall–Kier alpha value is -2.18.